The number of rotatable bonds is 3. The first-order valence-electron chi connectivity index (χ1n) is 3.89. The topological polar surface area (TPSA) is 29.5 Å². The van der Waals surface area contributed by atoms with E-state index in [0.29, 0.717) is 12.8 Å². The van der Waals surface area contributed by atoms with E-state index in [9.17, 15) is 5.11 Å². The van der Waals surface area contributed by atoms with E-state index in [4.69, 9.17) is 11.2 Å². The Kier molecular flexibility index (Phi) is 2.53. The van der Waals surface area contributed by atoms with Gasteiger partial charge in [-0.2, -0.15) is 0 Å². The van der Waals surface area contributed by atoms with Crippen LogP contribution in [0, 0.1) is 12.3 Å². The third kappa shape index (κ3) is 1.95. The molecule has 0 aromatic rings. The molecule has 2 nitrogen and oxygen atoms in total. The number of terminal acetylenes is 1. The minimum Gasteiger partial charge on any atom is -0.390 e. The van der Waals surface area contributed by atoms with Gasteiger partial charge in [-0.05, 0) is 6.42 Å². The third-order valence-corrected chi connectivity index (χ3v) is 2.28. The Hall–Kier alpha value is -0.520. The van der Waals surface area contributed by atoms with E-state index in [1.807, 2.05) is 0 Å². The molecule has 0 bridgehead atoms. The number of hydrogen-bond donors (Lipinski definition) is 1. The molecule has 1 aliphatic rings. The molecule has 0 heterocycles. The standard InChI is InChI=1S/C9H14O2/c1-3-4-5-9(10)6-8(7-9)11-2/h1,8,10H,4-7H2,2H3. The molecule has 2 heteroatoms. The van der Waals surface area contributed by atoms with Crippen LogP contribution in [-0.4, -0.2) is 23.9 Å². The van der Waals surface area contributed by atoms with Crippen LogP contribution in [0.1, 0.15) is 25.7 Å². The van der Waals surface area contributed by atoms with Crippen molar-refractivity contribution >= 4 is 0 Å². The summed E-state index contributed by atoms with van der Waals surface area (Å²) >= 11 is 0. The van der Waals surface area contributed by atoms with Gasteiger partial charge in [-0.25, -0.2) is 0 Å². The molecule has 0 aliphatic heterocycles. The van der Waals surface area contributed by atoms with Crippen molar-refractivity contribution in [3.63, 3.8) is 0 Å². The second-order valence-electron chi connectivity index (χ2n) is 3.19. The van der Waals surface area contributed by atoms with E-state index >= 15 is 0 Å². The minimum absolute atomic E-state index is 0.248. The van der Waals surface area contributed by atoms with Gasteiger partial charge in [0.25, 0.3) is 0 Å². The molecule has 0 unspecified atom stereocenters. The van der Waals surface area contributed by atoms with Crippen molar-refractivity contribution in [3.05, 3.63) is 0 Å². The highest BCUT2D eigenvalue weighted by Crippen LogP contribution is 2.37. The minimum atomic E-state index is -0.521. The predicted molar refractivity (Wildman–Crippen MR) is 43.0 cm³/mol. The van der Waals surface area contributed by atoms with E-state index in [0.717, 1.165) is 12.8 Å². The Balaban J connectivity index is 2.21. The Bertz CT molecular complexity index is 163. The average Bonchev–Trinajstić information content (AvgIpc) is 1.95. The Labute approximate surface area is 67.6 Å². The summed E-state index contributed by atoms with van der Waals surface area (Å²) in [5, 5.41) is 9.67. The van der Waals surface area contributed by atoms with Gasteiger partial charge < -0.3 is 9.84 Å². The zero-order valence-electron chi connectivity index (χ0n) is 6.84. The molecule has 0 spiro atoms. The molecular weight excluding hydrogens is 140 g/mol. The number of hydrogen-bond acceptors (Lipinski definition) is 2. The predicted octanol–water partition coefficient (Wildman–Crippen LogP) is 0.940. The fourth-order valence-corrected chi connectivity index (χ4v) is 1.46. The fourth-order valence-electron chi connectivity index (χ4n) is 1.46. The zero-order chi connectivity index (χ0) is 8.32. The Morgan fingerprint density at radius 1 is 1.73 bits per heavy atom. The van der Waals surface area contributed by atoms with Crippen molar-refractivity contribution in [1.82, 2.24) is 0 Å². The van der Waals surface area contributed by atoms with Gasteiger partial charge in [0.1, 0.15) is 0 Å². The van der Waals surface area contributed by atoms with Crippen molar-refractivity contribution in [2.75, 3.05) is 7.11 Å². The zero-order valence-corrected chi connectivity index (χ0v) is 6.84. The molecule has 1 rings (SSSR count). The summed E-state index contributed by atoms with van der Waals surface area (Å²) < 4.78 is 5.05. The van der Waals surface area contributed by atoms with Gasteiger partial charge in [-0.3, -0.25) is 0 Å². The van der Waals surface area contributed by atoms with Crippen LogP contribution in [0.5, 0.6) is 0 Å². The van der Waals surface area contributed by atoms with Gasteiger partial charge in [0, 0.05) is 26.4 Å². The quantitative estimate of drug-likeness (QED) is 0.613. The number of ether oxygens (including phenoxy) is 1. The number of aliphatic hydroxyl groups is 1. The summed E-state index contributed by atoms with van der Waals surface area (Å²) in [5.74, 6) is 2.52. The monoisotopic (exact) mass is 154 g/mol. The summed E-state index contributed by atoms with van der Waals surface area (Å²) in [6.45, 7) is 0. The SMILES string of the molecule is C#CCCC1(O)CC(OC)C1. The molecule has 0 radical (unpaired) electrons. The first-order valence-corrected chi connectivity index (χ1v) is 3.89. The van der Waals surface area contributed by atoms with Gasteiger partial charge in [0.05, 0.1) is 11.7 Å². The molecule has 1 N–H and O–H groups in total. The largest absolute Gasteiger partial charge is 0.390 e. The van der Waals surface area contributed by atoms with Crippen LogP contribution >= 0.6 is 0 Å². The maximum absolute atomic E-state index is 9.67. The lowest BCUT2D eigenvalue weighted by molar-refractivity contribution is -0.130. The van der Waals surface area contributed by atoms with E-state index < -0.39 is 5.60 Å². The summed E-state index contributed by atoms with van der Waals surface area (Å²) in [5.41, 5.74) is -0.521. The third-order valence-electron chi connectivity index (χ3n) is 2.28. The van der Waals surface area contributed by atoms with Crippen LogP contribution < -0.4 is 0 Å². The summed E-state index contributed by atoms with van der Waals surface area (Å²) in [4.78, 5) is 0. The van der Waals surface area contributed by atoms with Crippen molar-refractivity contribution in [2.24, 2.45) is 0 Å². The van der Waals surface area contributed by atoms with Gasteiger partial charge in [0.15, 0.2) is 0 Å². The van der Waals surface area contributed by atoms with Gasteiger partial charge in [-0.15, -0.1) is 12.3 Å². The van der Waals surface area contributed by atoms with Gasteiger partial charge in [-0.1, -0.05) is 0 Å². The van der Waals surface area contributed by atoms with E-state index in [1.165, 1.54) is 0 Å². The first-order chi connectivity index (χ1) is 5.20. The molecule has 1 aliphatic carbocycles. The normalized spacial score (nSPS) is 35.9. The van der Waals surface area contributed by atoms with Crippen LogP contribution in [-0.2, 0) is 4.74 Å². The Morgan fingerprint density at radius 2 is 2.36 bits per heavy atom. The van der Waals surface area contributed by atoms with Crippen LogP contribution in [0.4, 0.5) is 0 Å². The molecule has 0 atom stereocenters. The van der Waals surface area contributed by atoms with Crippen LogP contribution in [0.2, 0.25) is 0 Å². The smallest absolute Gasteiger partial charge is 0.0706 e. The lowest BCUT2D eigenvalue weighted by Crippen LogP contribution is -2.47. The molecule has 1 saturated carbocycles. The van der Waals surface area contributed by atoms with E-state index in [2.05, 4.69) is 5.92 Å². The van der Waals surface area contributed by atoms with Gasteiger partial charge >= 0.3 is 0 Å². The summed E-state index contributed by atoms with van der Waals surface area (Å²) in [6.07, 6.45) is 8.19. The summed E-state index contributed by atoms with van der Waals surface area (Å²) in [6, 6.07) is 0. The van der Waals surface area contributed by atoms with Crippen molar-refractivity contribution in [3.8, 4) is 12.3 Å². The average molecular weight is 154 g/mol. The van der Waals surface area contributed by atoms with Crippen LogP contribution in [0.15, 0.2) is 0 Å². The fraction of sp³-hybridized carbons (Fsp3) is 0.778. The van der Waals surface area contributed by atoms with Crippen molar-refractivity contribution < 1.29 is 9.84 Å². The molecule has 0 aromatic heterocycles. The highest BCUT2D eigenvalue weighted by molar-refractivity contribution is 4.98. The second-order valence-corrected chi connectivity index (χ2v) is 3.19. The summed E-state index contributed by atoms with van der Waals surface area (Å²) in [7, 11) is 1.67. The van der Waals surface area contributed by atoms with E-state index in [1.54, 1.807) is 7.11 Å². The molecule has 0 saturated heterocycles. The molecule has 11 heavy (non-hydrogen) atoms. The molecular formula is C9H14O2. The molecule has 0 amide bonds. The Morgan fingerprint density at radius 3 is 2.82 bits per heavy atom. The maximum Gasteiger partial charge on any atom is 0.0706 e. The first kappa shape index (κ1) is 8.58. The second kappa shape index (κ2) is 3.25. The molecule has 1 fully saturated rings. The van der Waals surface area contributed by atoms with Crippen molar-refractivity contribution in [2.45, 2.75) is 37.4 Å². The maximum atomic E-state index is 9.67. The highest BCUT2D eigenvalue weighted by Gasteiger charge is 2.41. The van der Waals surface area contributed by atoms with E-state index in [-0.39, 0.29) is 6.10 Å². The lowest BCUT2D eigenvalue weighted by Gasteiger charge is -2.42. The van der Waals surface area contributed by atoms with Crippen LogP contribution in [0.25, 0.3) is 0 Å². The highest BCUT2D eigenvalue weighted by atomic mass is 16.5. The van der Waals surface area contributed by atoms with Gasteiger partial charge in [0.2, 0.25) is 0 Å². The number of methoxy groups -OCH3 is 1. The van der Waals surface area contributed by atoms with Crippen LogP contribution in [0.3, 0.4) is 0 Å². The van der Waals surface area contributed by atoms with Crippen molar-refractivity contribution in [1.29, 1.82) is 0 Å². The molecule has 62 valence electrons. The lowest BCUT2D eigenvalue weighted by atomic mass is 9.74. The molecule has 0 aromatic carbocycles.